The Kier molecular flexibility index (Phi) is 4.78. The fourth-order valence-electron chi connectivity index (χ4n) is 4.45. The summed E-state index contributed by atoms with van der Waals surface area (Å²) in [6.07, 6.45) is 3.53. The minimum Gasteiger partial charge on any atom is -0.495 e. The molecule has 0 amide bonds. The number of fused-ring (bicyclic) bond motifs is 4. The van der Waals surface area contributed by atoms with Gasteiger partial charge in [-0.15, -0.1) is 0 Å². The van der Waals surface area contributed by atoms with Gasteiger partial charge in [0, 0.05) is 6.61 Å². The van der Waals surface area contributed by atoms with Gasteiger partial charge in [-0.1, -0.05) is 23.7 Å². The molecule has 1 aliphatic heterocycles. The van der Waals surface area contributed by atoms with Crippen molar-refractivity contribution in [3.63, 3.8) is 0 Å². The Hall–Kier alpha value is -3.49. The van der Waals surface area contributed by atoms with Gasteiger partial charge in [0.2, 0.25) is 0 Å². The lowest BCUT2D eigenvalue weighted by atomic mass is 10.2. The molecule has 8 nitrogen and oxygen atoms in total. The van der Waals surface area contributed by atoms with Gasteiger partial charge < -0.3 is 9.47 Å². The summed E-state index contributed by atoms with van der Waals surface area (Å²) in [4.78, 5) is 28.0. The number of rotatable bonds is 4. The summed E-state index contributed by atoms with van der Waals surface area (Å²) < 4.78 is 14.5. The molecule has 166 valence electrons. The van der Waals surface area contributed by atoms with E-state index in [2.05, 4.69) is 4.98 Å². The standard InChI is InChI=1S/C24H20ClN5O3/c1-32-19-9-8-14(11-16(19)25)30-22-20(21-23(30)28-18-7-3-2-6-17(18)27-21)24(31)29(13-26-22)12-15-5-4-10-33-15/h2-3,6-9,11,13,15H,4-5,10,12H2,1H3/t15-/m1/s1. The Morgan fingerprint density at radius 3 is 2.70 bits per heavy atom. The second-order valence-electron chi connectivity index (χ2n) is 8.07. The zero-order valence-corrected chi connectivity index (χ0v) is 18.6. The molecule has 1 fully saturated rings. The molecular formula is C24H20ClN5O3. The Balaban J connectivity index is 1.67. The molecule has 0 spiro atoms. The van der Waals surface area contributed by atoms with Gasteiger partial charge in [-0.25, -0.2) is 15.0 Å². The number of ether oxygens (including phenoxy) is 2. The van der Waals surface area contributed by atoms with Gasteiger partial charge in [-0.2, -0.15) is 0 Å². The number of methoxy groups -OCH3 is 1. The number of hydrogen-bond donors (Lipinski definition) is 0. The molecule has 1 aliphatic rings. The van der Waals surface area contributed by atoms with Gasteiger partial charge in [0.1, 0.15) is 23.0 Å². The molecule has 2 aromatic carbocycles. The molecule has 33 heavy (non-hydrogen) atoms. The minimum atomic E-state index is -0.163. The van der Waals surface area contributed by atoms with Gasteiger partial charge in [-0.3, -0.25) is 13.9 Å². The molecule has 0 bridgehead atoms. The number of aromatic nitrogens is 5. The third kappa shape index (κ3) is 3.25. The largest absolute Gasteiger partial charge is 0.495 e. The van der Waals surface area contributed by atoms with E-state index in [1.165, 1.54) is 0 Å². The van der Waals surface area contributed by atoms with E-state index in [4.69, 9.17) is 31.0 Å². The van der Waals surface area contributed by atoms with E-state index in [1.807, 2.05) is 34.9 Å². The van der Waals surface area contributed by atoms with Crippen LogP contribution in [0.2, 0.25) is 5.02 Å². The summed E-state index contributed by atoms with van der Waals surface area (Å²) >= 11 is 6.42. The first-order valence-electron chi connectivity index (χ1n) is 10.8. The van der Waals surface area contributed by atoms with E-state index in [-0.39, 0.29) is 11.7 Å². The first-order chi connectivity index (χ1) is 16.1. The van der Waals surface area contributed by atoms with Crippen molar-refractivity contribution in [1.82, 2.24) is 24.1 Å². The molecule has 0 aliphatic carbocycles. The van der Waals surface area contributed by atoms with Crippen molar-refractivity contribution in [3.8, 4) is 11.4 Å². The first kappa shape index (κ1) is 20.1. The van der Waals surface area contributed by atoms with Crippen LogP contribution in [0.1, 0.15) is 12.8 Å². The maximum Gasteiger partial charge on any atom is 0.265 e. The molecule has 0 saturated carbocycles. The second-order valence-corrected chi connectivity index (χ2v) is 8.48. The Bertz CT molecular complexity index is 1590. The van der Waals surface area contributed by atoms with E-state index >= 15 is 0 Å². The van der Waals surface area contributed by atoms with Crippen LogP contribution in [0, 0.1) is 0 Å². The number of halogens is 1. The fourth-order valence-corrected chi connectivity index (χ4v) is 4.70. The van der Waals surface area contributed by atoms with Crippen molar-refractivity contribution in [3.05, 3.63) is 64.2 Å². The highest BCUT2D eigenvalue weighted by Gasteiger charge is 2.23. The van der Waals surface area contributed by atoms with Crippen LogP contribution < -0.4 is 10.3 Å². The highest BCUT2D eigenvalue weighted by Crippen LogP contribution is 2.32. The quantitative estimate of drug-likeness (QED) is 0.400. The Labute approximate surface area is 193 Å². The monoisotopic (exact) mass is 461 g/mol. The van der Waals surface area contributed by atoms with Crippen LogP contribution in [0.25, 0.3) is 38.9 Å². The van der Waals surface area contributed by atoms with Crippen LogP contribution in [0.15, 0.2) is 53.6 Å². The molecule has 0 radical (unpaired) electrons. The topological polar surface area (TPSA) is 84.1 Å². The molecule has 4 heterocycles. The summed E-state index contributed by atoms with van der Waals surface area (Å²) in [6, 6.07) is 13.0. The normalized spacial score (nSPS) is 16.2. The number of para-hydroxylation sites is 2. The maximum absolute atomic E-state index is 13.6. The third-order valence-corrected chi connectivity index (χ3v) is 6.34. The zero-order valence-electron chi connectivity index (χ0n) is 17.9. The van der Waals surface area contributed by atoms with Crippen molar-refractivity contribution in [2.45, 2.75) is 25.5 Å². The van der Waals surface area contributed by atoms with Crippen molar-refractivity contribution in [2.24, 2.45) is 0 Å². The summed E-state index contributed by atoms with van der Waals surface area (Å²) in [6.45, 7) is 1.19. The number of benzene rings is 2. The van der Waals surface area contributed by atoms with E-state index in [9.17, 15) is 4.79 Å². The van der Waals surface area contributed by atoms with Crippen LogP contribution in [-0.4, -0.2) is 43.9 Å². The Morgan fingerprint density at radius 2 is 1.97 bits per heavy atom. The molecule has 0 N–H and O–H groups in total. The molecule has 6 rings (SSSR count). The van der Waals surface area contributed by atoms with E-state index in [1.54, 1.807) is 30.1 Å². The van der Waals surface area contributed by atoms with Crippen LogP contribution in [0.4, 0.5) is 0 Å². The van der Waals surface area contributed by atoms with E-state index < -0.39 is 0 Å². The number of hydrogen-bond acceptors (Lipinski definition) is 6. The summed E-state index contributed by atoms with van der Waals surface area (Å²) in [5, 5.41) is 0.876. The summed E-state index contributed by atoms with van der Waals surface area (Å²) in [5.41, 5.74) is 3.53. The molecule has 9 heteroatoms. The lowest BCUT2D eigenvalue weighted by Gasteiger charge is -2.12. The molecular weight excluding hydrogens is 442 g/mol. The van der Waals surface area contributed by atoms with Gasteiger partial charge in [0.15, 0.2) is 11.3 Å². The predicted octanol–water partition coefficient (Wildman–Crippen LogP) is 4.12. The average molecular weight is 462 g/mol. The van der Waals surface area contributed by atoms with E-state index in [0.29, 0.717) is 50.7 Å². The minimum absolute atomic E-state index is 0.0163. The fraction of sp³-hybridized carbons (Fsp3) is 0.250. The second kappa shape index (κ2) is 7.83. The molecule has 3 aromatic heterocycles. The Morgan fingerprint density at radius 1 is 1.15 bits per heavy atom. The first-order valence-corrected chi connectivity index (χ1v) is 11.1. The molecule has 1 atom stereocenters. The van der Waals surface area contributed by atoms with Crippen LogP contribution >= 0.6 is 11.6 Å². The van der Waals surface area contributed by atoms with Gasteiger partial charge in [0.25, 0.3) is 5.56 Å². The van der Waals surface area contributed by atoms with Crippen molar-refractivity contribution >= 4 is 44.8 Å². The van der Waals surface area contributed by atoms with Crippen LogP contribution in [0.5, 0.6) is 5.75 Å². The average Bonchev–Trinajstić information content (AvgIpc) is 3.45. The maximum atomic E-state index is 13.6. The smallest absolute Gasteiger partial charge is 0.265 e. The summed E-state index contributed by atoms with van der Waals surface area (Å²) in [5.74, 6) is 0.560. The molecule has 1 saturated heterocycles. The third-order valence-electron chi connectivity index (χ3n) is 6.05. The van der Waals surface area contributed by atoms with Crippen molar-refractivity contribution < 1.29 is 9.47 Å². The van der Waals surface area contributed by atoms with Crippen LogP contribution in [-0.2, 0) is 11.3 Å². The highest BCUT2D eigenvalue weighted by atomic mass is 35.5. The van der Waals surface area contributed by atoms with Crippen molar-refractivity contribution in [1.29, 1.82) is 0 Å². The van der Waals surface area contributed by atoms with E-state index in [0.717, 1.165) is 25.0 Å². The number of nitrogens with zero attached hydrogens (tertiary/aromatic N) is 5. The van der Waals surface area contributed by atoms with Gasteiger partial charge in [-0.05, 0) is 43.2 Å². The lowest BCUT2D eigenvalue weighted by molar-refractivity contribution is 0.0960. The predicted molar refractivity (Wildman–Crippen MR) is 126 cm³/mol. The SMILES string of the molecule is COc1ccc(-n2c3nc4ccccc4nc3c3c(=O)n(C[C@H]4CCCO4)cnc32)cc1Cl. The van der Waals surface area contributed by atoms with Gasteiger partial charge in [0.05, 0.1) is 41.5 Å². The lowest BCUT2D eigenvalue weighted by Crippen LogP contribution is -2.26. The molecule has 0 unspecified atom stereocenters. The highest BCUT2D eigenvalue weighted by molar-refractivity contribution is 6.32. The van der Waals surface area contributed by atoms with Crippen molar-refractivity contribution in [2.75, 3.05) is 13.7 Å². The molecule has 5 aromatic rings. The zero-order chi connectivity index (χ0) is 22.5. The van der Waals surface area contributed by atoms with Crippen LogP contribution in [0.3, 0.4) is 0 Å². The summed E-state index contributed by atoms with van der Waals surface area (Å²) in [7, 11) is 1.57. The van der Waals surface area contributed by atoms with Gasteiger partial charge >= 0.3 is 0 Å².